The van der Waals surface area contributed by atoms with E-state index in [1.807, 2.05) is 0 Å². The molecule has 1 atom stereocenters. The molecule has 1 aromatic heterocycles. The van der Waals surface area contributed by atoms with Crippen molar-refractivity contribution in [1.82, 2.24) is 19.2 Å². The molecule has 0 radical (unpaired) electrons. The molecule has 2 fully saturated rings. The van der Waals surface area contributed by atoms with Crippen molar-refractivity contribution in [2.24, 2.45) is 0 Å². The third kappa shape index (κ3) is 2.42. The molecule has 2 aliphatic rings. The number of aromatic nitrogens is 2. The Morgan fingerprint density at radius 3 is 2.89 bits per heavy atom. The van der Waals surface area contributed by atoms with Gasteiger partial charge < -0.3 is 4.98 Å². The van der Waals surface area contributed by atoms with Crippen molar-refractivity contribution >= 4 is 10.0 Å². The van der Waals surface area contributed by atoms with Crippen LogP contribution >= 0.6 is 0 Å². The third-order valence-corrected chi connectivity index (χ3v) is 5.87. The Labute approximate surface area is 113 Å². The predicted molar refractivity (Wildman–Crippen MR) is 71.3 cm³/mol. The molecule has 0 amide bonds. The second kappa shape index (κ2) is 4.88. The first-order chi connectivity index (χ1) is 9.07. The Hall–Kier alpha value is -0.920. The minimum absolute atomic E-state index is 0.217. The van der Waals surface area contributed by atoms with Gasteiger partial charge in [0.05, 0.1) is 6.20 Å². The number of sulfonamides is 1. The number of hydrogen-bond acceptors (Lipinski definition) is 4. The summed E-state index contributed by atoms with van der Waals surface area (Å²) in [6, 6.07) is 0.390. The molecule has 3 rings (SSSR count). The number of H-pyrrole nitrogens is 1. The summed E-state index contributed by atoms with van der Waals surface area (Å²) in [7, 11) is -3.40. The van der Waals surface area contributed by atoms with Crippen molar-refractivity contribution in [1.29, 1.82) is 0 Å². The minimum Gasteiger partial charge on any atom is -0.332 e. The molecule has 2 aliphatic heterocycles. The van der Waals surface area contributed by atoms with Crippen LogP contribution in [-0.2, 0) is 10.0 Å². The van der Waals surface area contributed by atoms with Gasteiger partial charge in [-0.15, -0.1) is 0 Å². The number of piperidine rings is 1. The Morgan fingerprint density at radius 2 is 2.16 bits per heavy atom. The normalized spacial score (nSPS) is 26.3. The summed E-state index contributed by atoms with van der Waals surface area (Å²) in [6.07, 6.45) is 4.97. The fourth-order valence-corrected chi connectivity index (χ4v) is 4.45. The number of nitrogens with one attached hydrogen (secondary N) is 1. The maximum absolute atomic E-state index is 12.5. The zero-order chi connectivity index (χ0) is 13.5. The molecular formula is C12H20N4O2S. The first-order valence-electron chi connectivity index (χ1n) is 6.83. The topological polar surface area (TPSA) is 69.3 Å². The Bertz CT molecular complexity index is 554. The van der Waals surface area contributed by atoms with E-state index in [0.717, 1.165) is 19.5 Å². The first-order valence-corrected chi connectivity index (χ1v) is 8.27. The van der Waals surface area contributed by atoms with Gasteiger partial charge in [0.2, 0.25) is 0 Å². The standard InChI is InChI=1S/C12H20N4O2S/c1-10-13-8-12(14-10)19(17,18)16-7-6-15-5-3-2-4-11(15)9-16/h8,11H,2-7,9H2,1H3,(H,13,14). The second-order valence-corrected chi connectivity index (χ2v) is 7.29. The van der Waals surface area contributed by atoms with E-state index in [1.54, 1.807) is 11.2 Å². The van der Waals surface area contributed by atoms with Crippen LogP contribution in [0.5, 0.6) is 0 Å². The molecule has 0 aliphatic carbocycles. The van der Waals surface area contributed by atoms with E-state index in [-0.39, 0.29) is 5.03 Å². The van der Waals surface area contributed by atoms with Crippen molar-refractivity contribution in [3.8, 4) is 0 Å². The van der Waals surface area contributed by atoms with Gasteiger partial charge in [-0.3, -0.25) is 4.90 Å². The molecule has 6 nitrogen and oxygen atoms in total. The maximum atomic E-state index is 12.5. The molecule has 1 unspecified atom stereocenters. The van der Waals surface area contributed by atoms with Crippen molar-refractivity contribution < 1.29 is 8.42 Å². The quantitative estimate of drug-likeness (QED) is 0.862. The summed E-state index contributed by atoms with van der Waals surface area (Å²) < 4.78 is 26.6. The molecule has 3 heterocycles. The fraction of sp³-hybridized carbons (Fsp3) is 0.750. The van der Waals surface area contributed by atoms with Crippen LogP contribution in [0.25, 0.3) is 0 Å². The molecular weight excluding hydrogens is 264 g/mol. The van der Waals surface area contributed by atoms with E-state index < -0.39 is 10.0 Å². The molecule has 2 saturated heterocycles. The van der Waals surface area contributed by atoms with E-state index in [4.69, 9.17) is 0 Å². The Kier molecular flexibility index (Phi) is 3.36. The van der Waals surface area contributed by atoms with Gasteiger partial charge in [-0.05, 0) is 26.3 Å². The highest BCUT2D eigenvalue weighted by molar-refractivity contribution is 7.89. The maximum Gasteiger partial charge on any atom is 0.260 e. The van der Waals surface area contributed by atoms with Crippen LogP contribution in [-0.4, -0.2) is 59.8 Å². The smallest absolute Gasteiger partial charge is 0.260 e. The fourth-order valence-electron chi connectivity index (χ4n) is 3.01. The molecule has 7 heteroatoms. The van der Waals surface area contributed by atoms with Crippen LogP contribution in [0.4, 0.5) is 0 Å². The molecule has 0 spiro atoms. The zero-order valence-electron chi connectivity index (χ0n) is 11.2. The lowest BCUT2D eigenvalue weighted by atomic mass is 10.0. The van der Waals surface area contributed by atoms with E-state index >= 15 is 0 Å². The highest BCUT2D eigenvalue weighted by atomic mass is 32.2. The number of imidazole rings is 1. The number of fused-ring (bicyclic) bond motifs is 1. The number of aryl methyl sites for hydroxylation is 1. The highest BCUT2D eigenvalue weighted by Crippen LogP contribution is 2.24. The average molecular weight is 284 g/mol. The lowest BCUT2D eigenvalue weighted by molar-refractivity contribution is 0.0851. The van der Waals surface area contributed by atoms with Gasteiger partial charge >= 0.3 is 0 Å². The summed E-state index contributed by atoms with van der Waals surface area (Å²) in [5.74, 6) is 0.634. The zero-order valence-corrected chi connectivity index (χ0v) is 12.0. The van der Waals surface area contributed by atoms with E-state index in [0.29, 0.717) is 25.0 Å². The second-order valence-electron chi connectivity index (χ2n) is 5.38. The molecule has 106 valence electrons. The molecule has 1 aromatic rings. The molecule has 19 heavy (non-hydrogen) atoms. The summed E-state index contributed by atoms with van der Waals surface area (Å²) in [5, 5.41) is 0.217. The number of nitrogens with zero attached hydrogens (tertiary/aromatic N) is 3. The molecule has 1 N–H and O–H groups in total. The van der Waals surface area contributed by atoms with Gasteiger partial charge in [0.15, 0.2) is 5.03 Å². The van der Waals surface area contributed by atoms with Gasteiger partial charge in [-0.1, -0.05) is 6.42 Å². The predicted octanol–water partition coefficient (Wildman–Crippen LogP) is 0.577. The average Bonchev–Trinajstić information content (AvgIpc) is 2.85. The van der Waals surface area contributed by atoms with Gasteiger partial charge in [0, 0.05) is 25.7 Å². The third-order valence-electron chi connectivity index (χ3n) is 4.10. The highest BCUT2D eigenvalue weighted by Gasteiger charge is 2.35. The lowest BCUT2D eigenvalue weighted by Gasteiger charge is -2.43. The molecule has 0 bridgehead atoms. The summed E-state index contributed by atoms with van der Waals surface area (Å²) in [5.41, 5.74) is 0. The summed E-state index contributed by atoms with van der Waals surface area (Å²) in [6.45, 7) is 4.91. The van der Waals surface area contributed by atoms with Gasteiger partial charge in [0.1, 0.15) is 5.82 Å². The minimum atomic E-state index is -3.40. The van der Waals surface area contributed by atoms with Crippen LogP contribution in [0.1, 0.15) is 25.1 Å². The first kappa shape index (κ1) is 13.1. The monoisotopic (exact) mass is 284 g/mol. The van der Waals surface area contributed by atoms with Crippen molar-refractivity contribution in [3.63, 3.8) is 0 Å². The molecule has 0 saturated carbocycles. The van der Waals surface area contributed by atoms with Crippen LogP contribution < -0.4 is 0 Å². The van der Waals surface area contributed by atoms with Crippen LogP contribution in [0, 0.1) is 6.92 Å². The summed E-state index contributed by atoms with van der Waals surface area (Å²) >= 11 is 0. The van der Waals surface area contributed by atoms with Gasteiger partial charge in [0.25, 0.3) is 10.0 Å². The van der Waals surface area contributed by atoms with E-state index in [1.165, 1.54) is 19.0 Å². The Balaban J connectivity index is 1.79. The van der Waals surface area contributed by atoms with Crippen LogP contribution in [0.2, 0.25) is 0 Å². The number of aromatic amines is 1. The van der Waals surface area contributed by atoms with Crippen LogP contribution in [0.3, 0.4) is 0 Å². The largest absolute Gasteiger partial charge is 0.332 e. The van der Waals surface area contributed by atoms with Gasteiger partial charge in [-0.25, -0.2) is 13.4 Å². The SMILES string of the molecule is Cc1ncc(S(=O)(=O)N2CCN3CCCCC3C2)[nH]1. The number of piperazine rings is 1. The van der Waals surface area contributed by atoms with Crippen LogP contribution in [0.15, 0.2) is 11.2 Å². The molecule has 0 aromatic carbocycles. The van der Waals surface area contributed by atoms with Crippen molar-refractivity contribution in [2.75, 3.05) is 26.2 Å². The van der Waals surface area contributed by atoms with Crippen molar-refractivity contribution in [2.45, 2.75) is 37.3 Å². The van der Waals surface area contributed by atoms with E-state index in [2.05, 4.69) is 14.9 Å². The number of rotatable bonds is 2. The van der Waals surface area contributed by atoms with E-state index in [9.17, 15) is 8.42 Å². The number of hydrogen-bond donors (Lipinski definition) is 1. The van der Waals surface area contributed by atoms with Crippen molar-refractivity contribution in [3.05, 3.63) is 12.0 Å². The van der Waals surface area contributed by atoms with Gasteiger partial charge in [-0.2, -0.15) is 4.31 Å². The Morgan fingerprint density at radius 1 is 1.32 bits per heavy atom. The lowest BCUT2D eigenvalue weighted by Crippen LogP contribution is -2.56. The summed E-state index contributed by atoms with van der Waals surface area (Å²) in [4.78, 5) is 9.24.